The number of hydrogen-bond donors (Lipinski definition) is 3. The van der Waals surface area contributed by atoms with Crippen molar-refractivity contribution in [3.63, 3.8) is 0 Å². The third kappa shape index (κ3) is 4.64. The molecule has 2 saturated carbocycles. The summed E-state index contributed by atoms with van der Waals surface area (Å²) in [5.41, 5.74) is 4.71. The van der Waals surface area contributed by atoms with Gasteiger partial charge in [0.25, 0.3) is 0 Å². The second-order valence-electron chi connectivity index (χ2n) is 10.2. The van der Waals surface area contributed by atoms with Crippen LogP contribution in [0.4, 0.5) is 4.79 Å². The lowest BCUT2D eigenvalue weighted by Crippen LogP contribution is -2.51. The van der Waals surface area contributed by atoms with E-state index < -0.39 is 12.1 Å². The molecule has 3 aliphatic carbocycles. The first-order valence-electron chi connectivity index (χ1n) is 12.5. The predicted molar refractivity (Wildman–Crippen MR) is 131 cm³/mol. The molecule has 0 saturated heterocycles. The zero-order chi connectivity index (χ0) is 24.5. The minimum atomic E-state index is -0.725. The molecule has 0 spiro atoms. The van der Waals surface area contributed by atoms with E-state index in [4.69, 9.17) is 4.74 Å². The van der Waals surface area contributed by atoms with Crippen LogP contribution in [0, 0.1) is 23.7 Å². The average molecular weight is 477 g/mol. The van der Waals surface area contributed by atoms with E-state index in [9.17, 15) is 19.5 Å². The number of ether oxygens (including phenoxy) is 1. The predicted octanol–water partition coefficient (Wildman–Crippen LogP) is 4.17. The number of carbonyl (C=O) groups is 3. The maximum Gasteiger partial charge on any atom is 0.407 e. The fourth-order valence-corrected chi connectivity index (χ4v) is 6.09. The summed E-state index contributed by atoms with van der Waals surface area (Å²) in [5, 5.41) is 15.1. The maximum atomic E-state index is 12.6. The summed E-state index contributed by atoms with van der Waals surface area (Å²) in [6, 6.07) is 16.5. The van der Waals surface area contributed by atoms with E-state index in [2.05, 4.69) is 34.9 Å². The van der Waals surface area contributed by atoms with Gasteiger partial charge in [-0.05, 0) is 59.8 Å². The summed E-state index contributed by atoms with van der Waals surface area (Å²) in [7, 11) is 0. The summed E-state index contributed by atoms with van der Waals surface area (Å²) in [4.78, 5) is 36.2. The van der Waals surface area contributed by atoms with Gasteiger partial charge < -0.3 is 20.5 Å². The van der Waals surface area contributed by atoms with Crippen LogP contribution in [0.25, 0.3) is 11.1 Å². The van der Waals surface area contributed by atoms with Crippen molar-refractivity contribution in [1.82, 2.24) is 10.6 Å². The molecule has 5 unspecified atom stereocenters. The fourth-order valence-electron chi connectivity index (χ4n) is 6.09. The molecule has 0 heterocycles. The fraction of sp³-hybridized carbons (Fsp3) is 0.464. The molecule has 5 rings (SSSR count). The Hall–Kier alpha value is -3.35. The quantitative estimate of drug-likeness (QED) is 0.531. The molecule has 3 aliphatic rings. The highest BCUT2D eigenvalue weighted by molar-refractivity contribution is 5.80. The van der Waals surface area contributed by atoms with Gasteiger partial charge in [0.05, 0.1) is 5.92 Å². The van der Waals surface area contributed by atoms with Gasteiger partial charge >= 0.3 is 12.1 Å². The largest absolute Gasteiger partial charge is 0.481 e. The van der Waals surface area contributed by atoms with Gasteiger partial charge in [-0.2, -0.15) is 0 Å². The van der Waals surface area contributed by atoms with Crippen LogP contribution in [0.5, 0.6) is 0 Å². The maximum absolute atomic E-state index is 12.6. The standard InChI is InChI=1S/C28H32N2O5/c1-16(26(31)30-25-14-17-12-18(27(32)33)13-23(17)25)10-11-29-28(34)35-15-24-21-8-4-2-6-19(21)20-7-3-5-9-22(20)24/h2-9,16-18,23-25H,10-15H2,1H3,(H,29,34)(H,30,31)(H,32,33). The van der Waals surface area contributed by atoms with Crippen molar-refractivity contribution in [3.05, 3.63) is 59.7 Å². The van der Waals surface area contributed by atoms with Crippen molar-refractivity contribution in [3.8, 4) is 11.1 Å². The molecule has 2 aromatic carbocycles. The number of carboxylic acid groups (broad SMARTS) is 1. The van der Waals surface area contributed by atoms with Gasteiger partial charge in [-0.1, -0.05) is 55.5 Å². The molecule has 0 radical (unpaired) electrons. The molecule has 0 aliphatic heterocycles. The van der Waals surface area contributed by atoms with Gasteiger partial charge in [-0.3, -0.25) is 9.59 Å². The van der Waals surface area contributed by atoms with E-state index in [0.717, 1.165) is 12.8 Å². The number of amides is 2. The van der Waals surface area contributed by atoms with Crippen LogP contribution in [0.3, 0.4) is 0 Å². The van der Waals surface area contributed by atoms with Gasteiger partial charge in [0.1, 0.15) is 6.61 Å². The van der Waals surface area contributed by atoms with E-state index in [1.54, 1.807) is 0 Å². The second kappa shape index (κ2) is 9.72. The Kier molecular flexibility index (Phi) is 6.50. The topological polar surface area (TPSA) is 105 Å². The Bertz CT molecular complexity index is 1090. The summed E-state index contributed by atoms with van der Waals surface area (Å²) >= 11 is 0. The zero-order valence-corrected chi connectivity index (χ0v) is 19.9. The Morgan fingerprint density at radius 2 is 1.66 bits per heavy atom. The third-order valence-electron chi connectivity index (χ3n) is 8.14. The number of benzene rings is 2. The minimum Gasteiger partial charge on any atom is -0.481 e. The van der Waals surface area contributed by atoms with Crippen molar-refractivity contribution in [2.45, 2.75) is 44.6 Å². The third-order valence-corrected chi connectivity index (χ3v) is 8.14. The first kappa shape index (κ1) is 23.4. The normalized spacial score (nSPS) is 24.9. The summed E-state index contributed by atoms with van der Waals surface area (Å²) in [6.07, 6.45) is 2.28. The number of carboxylic acids is 1. The molecule has 2 aromatic rings. The van der Waals surface area contributed by atoms with Gasteiger partial charge in [-0.15, -0.1) is 0 Å². The van der Waals surface area contributed by atoms with Crippen molar-refractivity contribution >= 4 is 18.0 Å². The number of nitrogens with one attached hydrogen (secondary N) is 2. The number of carbonyl (C=O) groups excluding carboxylic acids is 2. The lowest BCUT2D eigenvalue weighted by atomic mass is 9.71. The number of fused-ring (bicyclic) bond motifs is 4. The van der Waals surface area contributed by atoms with E-state index in [1.165, 1.54) is 22.3 Å². The van der Waals surface area contributed by atoms with Crippen LogP contribution >= 0.6 is 0 Å². The molecule has 5 atom stereocenters. The van der Waals surface area contributed by atoms with Gasteiger partial charge in [0, 0.05) is 24.4 Å². The number of hydrogen-bond acceptors (Lipinski definition) is 4. The van der Waals surface area contributed by atoms with Crippen molar-refractivity contribution in [2.75, 3.05) is 13.2 Å². The SMILES string of the molecule is CC(CCNC(=O)OCC1c2ccccc2-c2ccccc21)C(=O)NC1CC2CC(C(=O)O)CC21. The summed E-state index contributed by atoms with van der Waals surface area (Å²) < 4.78 is 5.55. The number of aliphatic carboxylic acids is 1. The Balaban J connectivity index is 1.04. The highest BCUT2D eigenvalue weighted by Gasteiger charge is 2.50. The lowest BCUT2D eigenvalue weighted by Gasteiger charge is -2.41. The van der Waals surface area contributed by atoms with Crippen LogP contribution in [0.15, 0.2) is 48.5 Å². The molecular formula is C28H32N2O5. The first-order chi connectivity index (χ1) is 16.9. The molecule has 3 N–H and O–H groups in total. The average Bonchev–Trinajstić information content (AvgIpc) is 3.36. The monoisotopic (exact) mass is 476 g/mol. The Morgan fingerprint density at radius 3 is 2.31 bits per heavy atom. The van der Waals surface area contributed by atoms with Gasteiger partial charge in [-0.25, -0.2) is 4.79 Å². The Morgan fingerprint density at radius 1 is 1.00 bits per heavy atom. The van der Waals surface area contributed by atoms with Crippen molar-refractivity contribution in [2.24, 2.45) is 23.7 Å². The van der Waals surface area contributed by atoms with E-state index >= 15 is 0 Å². The molecular weight excluding hydrogens is 444 g/mol. The summed E-state index contributed by atoms with van der Waals surface area (Å²) in [6.45, 7) is 2.46. The smallest absolute Gasteiger partial charge is 0.407 e. The highest BCUT2D eigenvalue weighted by Crippen LogP contribution is 2.50. The Labute approximate surface area is 205 Å². The molecule has 0 bridgehead atoms. The second-order valence-corrected chi connectivity index (χ2v) is 10.2. The molecule has 2 fully saturated rings. The number of rotatable bonds is 8. The summed E-state index contributed by atoms with van der Waals surface area (Å²) in [5.74, 6) is -0.567. The van der Waals surface area contributed by atoms with Crippen LogP contribution in [-0.4, -0.2) is 42.3 Å². The highest BCUT2D eigenvalue weighted by atomic mass is 16.5. The van der Waals surface area contributed by atoms with Gasteiger partial charge in [0.2, 0.25) is 5.91 Å². The minimum absolute atomic E-state index is 0.0143. The number of alkyl carbamates (subject to hydrolysis) is 1. The van der Waals surface area contributed by atoms with Crippen LogP contribution in [0.2, 0.25) is 0 Å². The van der Waals surface area contributed by atoms with Crippen molar-refractivity contribution in [1.29, 1.82) is 0 Å². The van der Waals surface area contributed by atoms with Gasteiger partial charge in [0.15, 0.2) is 0 Å². The molecule has 2 amide bonds. The van der Waals surface area contributed by atoms with Crippen LogP contribution in [-0.2, 0) is 14.3 Å². The molecule has 0 aromatic heterocycles. The molecule has 35 heavy (non-hydrogen) atoms. The van der Waals surface area contributed by atoms with E-state index in [1.807, 2.05) is 31.2 Å². The molecule has 184 valence electrons. The molecule has 7 heteroatoms. The van der Waals surface area contributed by atoms with Crippen LogP contribution in [0.1, 0.15) is 49.7 Å². The first-order valence-corrected chi connectivity index (χ1v) is 12.5. The zero-order valence-electron chi connectivity index (χ0n) is 19.9. The lowest BCUT2D eigenvalue weighted by molar-refractivity contribution is -0.141. The van der Waals surface area contributed by atoms with E-state index in [-0.39, 0.29) is 42.2 Å². The van der Waals surface area contributed by atoms with E-state index in [0.29, 0.717) is 25.3 Å². The van der Waals surface area contributed by atoms with Crippen LogP contribution < -0.4 is 10.6 Å². The molecule has 7 nitrogen and oxygen atoms in total. The van der Waals surface area contributed by atoms with Crippen molar-refractivity contribution < 1.29 is 24.2 Å².